The summed E-state index contributed by atoms with van der Waals surface area (Å²) >= 11 is 0. The number of aryl methyl sites for hydroxylation is 3. The molecule has 3 heterocycles. The largest absolute Gasteiger partial charge is 0.389 e. The van der Waals surface area contributed by atoms with Crippen molar-refractivity contribution >= 4 is 0 Å². The minimum Gasteiger partial charge on any atom is -0.282 e. The number of aromatic nitrogens is 7. The smallest absolute Gasteiger partial charge is 0.282 e. The van der Waals surface area contributed by atoms with Gasteiger partial charge in [-0.05, 0) is 6.92 Å². The van der Waals surface area contributed by atoms with Crippen molar-refractivity contribution in [2.45, 2.75) is 25.9 Å². The van der Waals surface area contributed by atoms with E-state index >= 15 is 0 Å². The zero-order valence-corrected chi connectivity index (χ0v) is 12.5. The first-order chi connectivity index (χ1) is 10.8. The molecule has 3 aromatic heterocycles. The van der Waals surface area contributed by atoms with Crippen molar-refractivity contribution in [3.63, 3.8) is 0 Å². The molecule has 0 amide bonds. The second kappa shape index (κ2) is 5.52. The molecule has 3 aromatic rings. The summed E-state index contributed by atoms with van der Waals surface area (Å²) in [6.45, 7) is 1.79. The molecule has 23 heavy (non-hydrogen) atoms. The summed E-state index contributed by atoms with van der Waals surface area (Å²) in [7, 11) is 1.69. The maximum absolute atomic E-state index is 12.5. The fourth-order valence-electron chi connectivity index (χ4n) is 2.21. The third kappa shape index (κ3) is 3.10. The van der Waals surface area contributed by atoms with Crippen molar-refractivity contribution in [1.82, 2.24) is 34.7 Å². The van der Waals surface area contributed by atoms with Crippen molar-refractivity contribution in [2.24, 2.45) is 7.05 Å². The number of hydrogen-bond acceptors (Lipinski definition) is 4. The van der Waals surface area contributed by atoms with Crippen LogP contribution in [0.2, 0.25) is 0 Å². The summed E-state index contributed by atoms with van der Waals surface area (Å²) in [5, 5.41) is 15.0. The van der Waals surface area contributed by atoms with Crippen LogP contribution in [0.4, 0.5) is 13.2 Å². The molecule has 0 saturated heterocycles. The molecular weight excluding hydrogens is 311 g/mol. The SMILES string of the molecule is Cc1[nH]ncc1-c1nc(CCC(F)(F)F)n(-c2ccnn2C)n1. The normalized spacial score (nSPS) is 12.0. The van der Waals surface area contributed by atoms with Crippen LogP contribution in [0.1, 0.15) is 17.9 Å². The number of hydrogen-bond donors (Lipinski definition) is 1. The van der Waals surface area contributed by atoms with E-state index in [9.17, 15) is 13.2 Å². The summed E-state index contributed by atoms with van der Waals surface area (Å²) in [5.41, 5.74) is 1.40. The predicted molar refractivity (Wildman–Crippen MR) is 74.8 cm³/mol. The van der Waals surface area contributed by atoms with Crippen LogP contribution >= 0.6 is 0 Å². The van der Waals surface area contributed by atoms with Gasteiger partial charge >= 0.3 is 6.18 Å². The molecule has 0 saturated carbocycles. The number of nitrogens with zero attached hydrogens (tertiary/aromatic N) is 6. The van der Waals surface area contributed by atoms with Crippen molar-refractivity contribution in [3.05, 3.63) is 30.0 Å². The van der Waals surface area contributed by atoms with E-state index in [-0.39, 0.29) is 12.2 Å². The molecule has 0 bridgehead atoms. The van der Waals surface area contributed by atoms with Crippen LogP contribution in [0.25, 0.3) is 17.2 Å². The Morgan fingerprint density at radius 1 is 1.30 bits per heavy atom. The van der Waals surface area contributed by atoms with Gasteiger partial charge in [0.15, 0.2) is 11.6 Å². The van der Waals surface area contributed by atoms with Gasteiger partial charge in [-0.2, -0.15) is 28.1 Å². The number of H-pyrrole nitrogens is 1. The van der Waals surface area contributed by atoms with Gasteiger partial charge in [0.05, 0.1) is 24.4 Å². The third-order valence-corrected chi connectivity index (χ3v) is 3.39. The van der Waals surface area contributed by atoms with Gasteiger partial charge in [0.25, 0.3) is 0 Å². The topological polar surface area (TPSA) is 77.2 Å². The fraction of sp³-hybridized carbons (Fsp3) is 0.385. The second-order valence-corrected chi connectivity index (χ2v) is 5.10. The number of halogens is 3. The highest BCUT2D eigenvalue weighted by atomic mass is 19.4. The van der Waals surface area contributed by atoms with Crippen LogP contribution in [0.15, 0.2) is 18.5 Å². The molecular formula is C13H14F3N7. The molecule has 3 rings (SSSR count). The Morgan fingerprint density at radius 2 is 2.09 bits per heavy atom. The molecule has 0 aliphatic carbocycles. The molecule has 0 aliphatic heterocycles. The first kappa shape index (κ1) is 15.3. The molecule has 0 spiro atoms. The first-order valence-corrected chi connectivity index (χ1v) is 6.86. The molecule has 0 unspecified atom stereocenters. The number of rotatable bonds is 4. The van der Waals surface area contributed by atoms with Gasteiger partial charge in [-0.3, -0.25) is 9.78 Å². The Morgan fingerprint density at radius 3 is 2.65 bits per heavy atom. The average Bonchev–Trinajstić information content (AvgIpc) is 3.15. The molecule has 0 fully saturated rings. The van der Waals surface area contributed by atoms with Crippen molar-refractivity contribution < 1.29 is 13.2 Å². The highest BCUT2D eigenvalue weighted by Crippen LogP contribution is 2.25. The first-order valence-electron chi connectivity index (χ1n) is 6.86. The Balaban J connectivity index is 2.04. The van der Waals surface area contributed by atoms with E-state index in [1.807, 2.05) is 0 Å². The Bertz CT molecular complexity index is 812. The predicted octanol–water partition coefficient (Wildman–Crippen LogP) is 2.19. The molecule has 122 valence electrons. The summed E-state index contributed by atoms with van der Waals surface area (Å²) in [4.78, 5) is 4.26. The van der Waals surface area contributed by atoms with Gasteiger partial charge in [0.1, 0.15) is 5.82 Å². The maximum atomic E-state index is 12.5. The van der Waals surface area contributed by atoms with Gasteiger partial charge < -0.3 is 0 Å². The van der Waals surface area contributed by atoms with Crippen LogP contribution in [0.5, 0.6) is 0 Å². The second-order valence-electron chi connectivity index (χ2n) is 5.10. The van der Waals surface area contributed by atoms with E-state index in [0.717, 1.165) is 5.69 Å². The zero-order chi connectivity index (χ0) is 16.6. The number of nitrogens with one attached hydrogen (secondary N) is 1. The molecule has 1 N–H and O–H groups in total. The van der Waals surface area contributed by atoms with Crippen LogP contribution in [0.3, 0.4) is 0 Å². The quantitative estimate of drug-likeness (QED) is 0.798. The monoisotopic (exact) mass is 325 g/mol. The van der Waals surface area contributed by atoms with E-state index in [0.29, 0.717) is 17.2 Å². The maximum Gasteiger partial charge on any atom is 0.389 e. The van der Waals surface area contributed by atoms with Crippen LogP contribution in [-0.2, 0) is 13.5 Å². The minimum atomic E-state index is -4.26. The van der Waals surface area contributed by atoms with Crippen LogP contribution < -0.4 is 0 Å². The van der Waals surface area contributed by atoms with Gasteiger partial charge in [-0.25, -0.2) is 4.98 Å². The molecule has 10 heteroatoms. The Kier molecular flexibility index (Phi) is 3.66. The summed E-state index contributed by atoms with van der Waals surface area (Å²) in [6.07, 6.45) is -2.39. The molecule has 0 aromatic carbocycles. The van der Waals surface area contributed by atoms with E-state index in [1.54, 1.807) is 32.4 Å². The van der Waals surface area contributed by atoms with Crippen molar-refractivity contribution in [3.8, 4) is 17.2 Å². The van der Waals surface area contributed by atoms with E-state index in [1.165, 1.54) is 9.36 Å². The summed E-state index contributed by atoms with van der Waals surface area (Å²) in [5.74, 6) is 1.10. The molecule has 0 atom stereocenters. The summed E-state index contributed by atoms with van der Waals surface area (Å²) < 4.78 is 40.6. The lowest BCUT2D eigenvalue weighted by Gasteiger charge is -2.07. The lowest BCUT2D eigenvalue weighted by atomic mass is 10.2. The minimum absolute atomic E-state index is 0.224. The number of aromatic amines is 1. The fourth-order valence-corrected chi connectivity index (χ4v) is 2.21. The van der Waals surface area contributed by atoms with Gasteiger partial charge in [-0.15, -0.1) is 5.10 Å². The van der Waals surface area contributed by atoms with E-state index < -0.39 is 12.6 Å². The lowest BCUT2D eigenvalue weighted by molar-refractivity contribution is -0.134. The lowest BCUT2D eigenvalue weighted by Crippen LogP contribution is -2.13. The average molecular weight is 325 g/mol. The van der Waals surface area contributed by atoms with Crippen LogP contribution in [-0.4, -0.2) is 40.9 Å². The molecule has 0 aliphatic rings. The Hall–Kier alpha value is -2.65. The third-order valence-electron chi connectivity index (χ3n) is 3.39. The van der Waals surface area contributed by atoms with E-state index in [2.05, 4.69) is 25.4 Å². The van der Waals surface area contributed by atoms with Gasteiger partial charge in [0, 0.05) is 25.2 Å². The Labute approximate surface area is 129 Å². The summed E-state index contributed by atoms with van der Waals surface area (Å²) in [6, 6.07) is 1.66. The highest BCUT2D eigenvalue weighted by molar-refractivity contribution is 5.56. The van der Waals surface area contributed by atoms with Gasteiger partial charge in [-0.1, -0.05) is 0 Å². The van der Waals surface area contributed by atoms with Crippen molar-refractivity contribution in [2.75, 3.05) is 0 Å². The standard InChI is InChI=1S/C13H14F3N7/c1-8-9(7-17-20-8)12-19-10(3-5-13(14,15)16)23(21-12)11-4-6-18-22(11)2/h4,6-7H,3,5H2,1-2H3,(H,17,20). The highest BCUT2D eigenvalue weighted by Gasteiger charge is 2.28. The van der Waals surface area contributed by atoms with Crippen molar-refractivity contribution in [1.29, 1.82) is 0 Å². The van der Waals surface area contributed by atoms with E-state index in [4.69, 9.17) is 0 Å². The van der Waals surface area contributed by atoms with Gasteiger partial charge in [0.2, 0.25) is 0 Å². The number of alkyl halides is 3. The molecule has 0 radical (unpaired) electrons. The van der Waals surface area contributed by atoms with Crippen LogP contribution in [0, 0.1) is 6.92 Å². The molecule has 7 nitrogen and oxygen atoms in total. The zero-order valence-electron chi connectivity index (χ0n) is 12.5.